The minimum atomic E-state index is -0.229. The maximum atomic E-state index is 9.50. The molecule has 1 atom stereocenters. The summed E-state index contributed by atoms with van der Waals surface area (Å²) in [4.78, 5) is 13.2. The molecule has 2 aromatic heterocycles. The molecule has 8 nitrogen and oxygen atoms in total. The van der Waals surface area contributed by atoms with E-state index in [1.54, 1.807) is 0 Å². The van der Waals surface area contributed by atoms with Crippen LogP contribution in [0.5, 0.6) is 0 Å². The zero-order chi connectivity index (χ0) is 22.2. The molecular formula is C23H25ClN8. The Labute approximate surface area is 192 Å². The number of nitrogens with zero attached hydrogens (tertiary/aromatic N) is 8. The van der Waals surface area contributed by atoms with Gasteiger partial charge < -0.3 is 4.90 Å². The Morgan fingerprint density at radius 1 is 1.16 bits per heavy atom. The lowest BCUT2D eigenvalue weighted by Gasteiger charge is -2.32. The largest absolute Gasteiger partial charge is 0.356 e. The molecule has 9 heteroatoms. The van der Waals surface area contributed by atoms with Crippen molar-refractivity contribution in [2.24, 2.45) is 0 Å². The van der Waals surface area contributed by atoms with E-state index in [2.05, 4.69) is 40.6 Å². The highest BCUT2D eigenvalue weighted by Gasteiger charge is 2.31. The molecule has 1 unspecified atom stereocenters. The summed E-state index contributed by atoms with van der Waals surface area (Å²) in [5.41, 5.74) is 2.15. The average Bonchev–Trinajstić information content (AvgIpc) is 3.14. The third kappa shape index (κ3) is 3.83. The highest BCUT2D eigenvalue weighted by molar-refractivity contribution is 6.30. The van der Waals surface area contributed by atoms with Crippen LogP contribution in [0.4, 0.5) is 5.82 Å². The Balaban J connectivity index is 1.46. The molecule has 0 N–H and O–H groups in total. The van der Waals surface area contributed by atoms with Gasteiger partial charge in [-0.2, -0.15) is 5.26 Å². The van der Waals surface area contributed by atoms with Crippen LogP contribution in [0.15, 0.2) is 30.5 Å². The van der Waals surface area contributed by atoms with Crippen molar-refractivity contribution in [1.82, 2.24) is 29.6 Å². The summed E-state index contributed by atoms with van der Waals surface area (Å²) in [6.07, 6.45) is 3.77. The zero-order valence-corrected chi connectivity index (χ0v) is 19.0. The van der Waals surface area contributed by atoms with Crippen molar-refractivity contribution in [3.63, 3.8) is 0 Å². The van der Waals surface area contributed by atoms with Crippen LogP contribution >= 0.6 is 11.6 Å². The van der Waals surface area contributed by atoms with Crippen LogP contribution in [0.1, 0.15) is 48.7 Å². The minimum absolute atomic E-state index is 0.229. The van der Waals surface area contributed by atoms with Gasteiger partial charge in [-0.05, 0) is 56.5 Å². The highest BCUT2D eigenvalue weighted by atomic mass is 35.5. The molecular weight excluding hydrogens is 424 g/mol. The van der Waals surface area contributed by atoms with Crippen molar-refractivity contribution >= 4 is 17.4 Å². The Kier molecular flexibility index (Phi) is 5.53. The van der Waals surface area contributed by atoms with E-state index < -0.39 is 0 Å². The SMILES string of the molecule is Cc1nccc(N2CCC(c3nnc4n3-c3ccc(Cl)cc3CN(C(C)C#N)C4)CC2)n1. The summed E-state index contributed by atoms with van der Waals surface area (Å²) in [5.74, 6) is 3.94. The Morgan fingerprint density at radius 3 is 2.72 bits per heavy atom. The van der Waals surface area contributed by atoms with Gasteiger partial charge in [-0.25, -0.2) is 9.97 Å². The van der Waals surface area contributed by atoms with Crippen molar-refractivity contribution in [1.29, 1.82) is 5.26 Å². The lowest BCUT2D eigenvalue weighted by atomic mass is 9.95. The number of hydrogen-bond donors (Lipinski definition) is 0. The molecule has 5 rings (SSSR count). The number of nitriles is 1. The van der Waals surface area contributed by atoms with Crippen LogP contribution in [0, 0.1) is 18.3 Å². The van der Waals surface area contributed by atoms with Crippen molar-refractivity contribution < 1.29 is 0 Å². The molecule has 1 fully saturated rings. The molecule has 4 heterocycles. The maximum Gasteiger partial charge on any atom is 0.151 e. The number of anilines is 1. The minimum Gasteiger partial charge on any atom is -0.356 e. The molecule has 0 aliphatic carbocycles. The molecule has 0 amide bonds. The topological polar surface area (TPSA) is 86.8 Å². The molecule has 0 bridgehead atoms. The van der Waals surface area contributed by atoms with Crippen LogP contribution in [0.25, 0.3) is 5.69 Å². The first-order valence-electron chi connectivity index (χ1n) is 10.9. The summed E-state index contributed by atoms with van der Waals surface area (Å²) in [7, 11) is 0. The monoisotopic (exact) mass is 448 g/mol. The van der Waals surface area contributed by atoms with Gasteiger partial charge in [-0.3, -0.25) is 9.47 Å². The summed E-state index contributed by atoms with van der Waals surface area (Å²) in [5, 5.41) is 19.4. The van der Waals surface area contributed by atoms with E-state index in [1.165, 1.54) is 0 Å². The van der Waals surface area contributed by atoms with Gasteiger partial charge >= 0.3 is 0 Å². The van der Waals surface area contributed by atoms with Crippen LogP contribution in [-0.4, -0.2) is 48.8 Å². The first-order valence-corrected chi connectivity index (χ1v) is 11.3. The number of rotatable bonds is 3. The van der Waals surface area contributed by atoms with Gasteiger partial charge in [-0.15, -0.1) is 10.2 Å². The lowest BCUT2D eigenvalue weighted by molar-refractivity contribution is 0.225. The highest BCUT2D eigenvalue weighted by Crippen LogP contribution is 2.34. The second kappa shape index (κ2) is 8.49. The number of aromatic nitrogens is 5. The Bertz CT molecular complexity index is 1170. The van der Waals surface area contributed by atoms with Crippen molar-refractivity contribution in [2.75, 3.05) is 18.0 Å². The molecule has 0 saturated carbocycles. The van der Waals surface area contributed by atoms with Crippen molar-refractivity contribution in [3.05, 3.63) is 58.5 Å². The number of benzene rings is 1. The standard InChI is InChI=1S/C23H25ClN8/c1-15(12-25)31-13-18-11-19(24)3-4-20(18)32-22(14-31)28-29-23(32)17-6-9-30(10-7-17)21-5-8-26-16(2)27-21/h3-5,8,11,15,17H,6-7,9-10,13-14H2,1-2H3. The molecule has 32 heavy (non-hydrogen) atoms. The predicted molar refractivity (Wildman–Crippen MR) is 122 cm³/mol. The average molecular weight is 449 g/mol. The smallest absolute Gasteiger partial charge is 0.151 e. The maximum absolute atomic E-state index is 9.50. The fourth-order valence-corrected chi connectivity index (χ4v) is 4.85. The first-order chi connectivity index (χ1) is 15.5. The molecule has 0 spiro atoms. The molecule has 1 saturated heterocycles. The van der Waals surface area contributed by atoms with Crippen LogP contribution in [0.2, 0.25) is 5.02 Å². The normalized spacial score (nSPS) is 17.9. The van der Waals surface area contributed by atoms with E-state index in [1.807, 2.05) is 44.3 Å². The molecule has 2 aliphatic heterocycles. The lowest BCUT2D eigenvalue weighted by Crippen LogP contribution is -2.34. The second-order valence-corrected chi connectivity index (χ2v) is 8.95. The summed E-state index contributed by atoms with van der Waals surface area (Å²) in [6, 6.07) is 10.1. The Hall–Kier alpha value is -3.02. The molecule has 3 aromatic rings. The number of hydrogen-bond acceptors (Lipinski definition) is 7. The summed E-state index contributed by atoms with van der Waals surface area (Å²) in [6.45, 7) is 6.89. The number of halogens is 1. The van der Waals surface area contributed by atoms with Gasteiger partial charge in [0.2, 0.25) is 0 Å². The van der Waals surface area contributed by atoms with Gasteiger partial charge in [-0.1, -0.05) is 11.6 Å². The van der Waals surface area contributed by atoms with Gasteiger partial charge in [0.05, 0.1) is 24.3 Å². The van der Waals surface area contributed by atoms with Crippen LogP contribution in [-0.2, 0) is 13.1 Å². The van der Waals surface area contributed by atoms with Crippen molar-refractivity contribution in [2.45, 2.75) is 51.7 Å². The van der Waals surface area contributed by atoms with Crippen molar-refractivity contribution in [3.8, 4) is 11.8 Å². The van der Waals surface area contributed by atoms with Crippen LogP contribution < -0.4 is 4.90 Å². The van der Waals surface area contributed by atoms with Crippen LogP contribution in [0.3, 0.4) is 0 Å². The number of aryl methyl sites for hydroxylation is 1. The molecule has 2 aliphatic rings. The third-order valence-corrected chi connectivity index (χ3v) is 6.67. The van der Waals surface area contributed by atoms with E-state index in [0.717, 1.165) is 60.5 Å². The summed E-state index contributed by atoms with van der Waals surface area (Å²) < 4.78 is 2.20. The first kappa shape index (κ1) is 20.9. The van der Waals surface area contributed by atoms with E-state index >= 15 is 0 Å². The fraction of sp³-hybridized carbons (Fsp3) is 0.435. The van der Waals surface area contributed by atoms with Gasteiger partial charge in [0.25, 0.3) is 0 Å². The second-order valence-electron chi connectivity index (χ2n) is 8.52. The van der Waals surface area contributed by atoms with Gasteiger partial charge in [0.1, 0.15) is 17.5 Å². The Morgan fingerprint density at radius 2 is 1.97 bits per heavy atom. The number of piperidine rings is 1. The summed E-state index contributed by atoms with van der Waals surface area (Å²) >= 11 is 6.33. The predicted octanol–water partition coefficient (Wildman–Crippen LogP) is 3.63. The third-order valence-electron chi connectivity index (χ3n) is 6.44. The molecule has 0 radical (unpaired) electrons. The quantitative estimate of drug-likeness (QED) is 0.604. The van der Waals surface area contributed by atoms with E-state index in [9.17, 15) is 5.26 Å². The zero-order valence-electron chi connectivity index (χ0n) is 18.2. The molecule has 164 valence electrons. The van der Waals surface area contributed by atoms with Gasteiger partial charge in [0.15, 0.2) is 5.82 Å². The van der Waals surface area contributed by atoms with Gasteiger partial charge in [0, 0.05) is 36.8 Å². The molecule has 1 aromatic carbocycles. The van der Waals surface area contributed by atoms with E-state index in [-0.39, 0.29) is 6.04 Å². The van der Waals surface area contributed by atoms with E-state index in [0.29, 0.717) is 24.0 Å². The van der Waals surface area contributed by atoms with E-state index in [4.69, 9.17) is 11.6 Å². The number of fused-ring (bicyclic) bond motifs is 3. The fourth-order valence-electron chi connectivity index (χ4n) is 4.66.